The molecule has 0 saturated carbocycles. The van der Waals surface area contributed by atoms with Gasteiger partial charge in [-0.3, -0.25) is 0 Å². The minimum Gasteiger partial charge on any atom is -0.508 e. The largest absolute Gasteiger partial charge is 0.508 e. The number of benzene rings is 3. The summed E-state index contributed by atoms with van der Waals surface area (Å²) in [6, 6.07) is 16.5. The molecule has 0 unspecified atom stereocenters. The zero-order valence-corrected chi connectivity index (χ0v) is 18.0. The van der Waals surface area contributed by atoms with Crippen LogP contribution in [0.4, 0.5) is 0 Å². The van der Waals surface area contributed by atoms with Gasteiger partial charge in [-0.05, 0) is 97.5 Å². The zero-order valence-electron chi connectivity index (χ0n) is 18.0. The van der Waals surface area contributed by atoms with Gasteiger partial charge < -0.3 is 24.9 Å². The van der Waals surface area contributed by atoms with Crippen molar-refractivity contribution in [2.24, 2.45) is 0 Å². The molecular formula is C26H26O5. The Hall–Kier alpha value is -3.60. The number of aromatic hydroxyl groups is 3. The molecule has 0 atom stereocenters. The predicted octanol–water partition coefficient (Wildman–Crippen LogP) is 4.98. The minimum atomic E-state index is -0.0775. The fourth-order valence-corrected chi connectivity index (χ4v) is 4.23. The highest BCUT2D eigenvalue weighted by atomic mass is 16.3. The Morgan fingerprint density at radius 1 is 0.516 bits per heavy atom. The highest BCUT2D eigenvalue weighted by Crippen LogP contribution is 2.57. The second-order valence-electron chi connectivity index (χ2n) is 8.12. The SMILES string of the molecule is CC(C)=O.CC(C)=O.Oc1ccc2c(c1)C1c3cc(O)ccc3C2c2ccc(O)cc21. The van der Waals surface area contributed by atoms with E-state index in [1.165, 1.54) is 44.4 Å². The van der Waals surface area contributed by atoms with Crippen LogP contribution in [0.5, 0.6) is 17.2 Å². The van der Waals surface area contributed by atoms with Crippen LogP contribution in [-0.2, 0) is 9.59 Å². The quantitative estimate of drug-likeness (QED) is 0.330. The van der Waals surface area contributed by atoms with Crippen LogP contribution in [-0.4, -0.2) is 26.9 Å². The van der Waals surface area contributed by atoms with Gasteiger partial charge in [-0.1, -0.05) is 18.2 Å². The first-order chi connectivity index (χ1) is 14.6. The highest BCUT2D eigenvalue weighted by molar-refractivity contribution is 5.72. The summed E-state index contributed by atoms with van der Waals surface area (Å²) in [6.45, 7) is 6.11. The molecule has 6 rings (SSSR count). The summed E-state index contributed by atoms with van der Waals surface area (Å²) < 4.78 is 0. The predicted molar refractivity (Wildman–Crippen MR) is 119 cm³/mol. The number of Topliss-reactive ketones (excluding diaryl/α,β-unsaturated/α-hetero) is 2. The summed E-state index contributed by atoms with van der Waals surface area (Å²) >= 11 is 0. The monoisotopic (exact) mass is 418 g/mol. The third-order valence-electron chi connectivity index (χ3n) is 5.08. The third kappa shape index (κ3) is 4.45. The fourth-order valence-electron chi connectivity index (χ4n) is 4.23. The summed E-state index contributed by atoms with van der Waals surface area (Å²) in [5, 5.41) is 29.8. The van der Waals surface area contributed by atoms with Crippen molar-refractivity contribution in [3.05, 3.63) is 88.0 Å². The van der Waals surface area contributed by atoms with Crippen LogP contribution in [0.2, 0.25) is 0 Å². The van der Waals surface area contributed by atoms with Gasteiger partial charge in [-0.15, -0.1) is 0 Å². The molecule has 0 heterocycles. The smallest absolute Gasteiger partial charge is 0.126 e. The molecule has 0 aliphatic heterocycles. The van der Waals surface area contributed by atoms with Crippen molar-refractivity contribution in [3.8, 4) is 17.2 Å². The molecule has 31 heavy (non-hydrogen) atoms. The van der Waals surface area contributed by atoms with Crippen LogP contribution in [0.1, 0.15) is 72.9 Å². The summed E-state index contributed by atoms with van der Waals surface area (Å²) in [7, 11) is 0. The van der Waals surface area contributed by atoms with Crippen molar-refractivity contribution >= 4 is 11.6 Å². The van der Waals surface area contributed by atoms with Gasteiger partial charge in [0.1, 0.15) is 28.8 Å². The Morgan fingerprint density at radius 3 is 1.00 bits per heavy atom. The lowest BCUT2D eigenvalue weighted by molar-refractivity contribution is -0.115. The van der Waals surface area contributed by atoms with Crippen molar-refractivity contribution in [1.82, 2.24) is 0 Å². The normalized spacial score (nSPS) is 16.4. The summed E-state index contributed by atoms with van der Waals surface area (Å²) in [5.41, 5.74) is 6.70. The molecule has 0 radical (unpaired) electrons. The molecule has 0 aromatic heterocycles. The summed E-state index contributed by atoms with van der Waals surface area (Å²) in [6.07, 6.45) is 0. The Balaban J connectivity index is 0.000000297. The lowest BCUT2D eigenvalue weighted by Crippen LogP contribution is -2.27. The molecule has 0 amide bonds. The van der Waals surface area contributed by atoms with E-state index in [1.807, 2.05) is 18.2 Å². The maximum absolute atomic E-state index is 9.92. The van der Waals surface area contributed by atoms with E-state index in [4.69, 9.17) is 0 Å². The van der Waals surface area contributed by atoms with Gasteiger partial charge >= 0.3 is 0 Å². The topological polar surface area (TPSA) is 94.8 Å². The van der Waals surface area contributed by atoms with Crippen molar-refractivity contribution in [2.45, 2.75) is 39.5 Å². The van der Waals surface area contributed by atoms with Gasteiger partial charge in [-0.25, -0.2) is 0 Å². The first kappa shape index (κ1) is 22.1. The number of hydrogen-bond acceptors (Lipinski definition) is 5. The van der Waals surface area contributed by atoms with E-state index in [0.717, 1.165) is 16.7 Å². The third-order valence-corrected chi connectivity index (χ3v) is 5.08. The van der Waals surface area contributed by atoms with E-state index in [9.17, 15) is 24.9 Å². The van der Waals surface area contributed by atoms with E-state index >= 15 is 0 Å². The first-order valence-corrected chi connectivity index (χ1v) is 10.0. The number of hydrogen-bond donors (Lipinski definition) is 3. The molecule has 0 saturated heterocycles. The van der Waals surface area contributed by atoms with Crippen LogP contribution in [0.15, 0.2) is 54.6 Å². The lowest BCUT2D eigenvalue weighted by Gasteiger charge is -2.42. The van der Waals surface area contributed by atoms with Crippen LogP contribution >= 0.6 is 0 Å². The number of rotatable bonds is 0. The molecule has 3 aliphatic rings. The summed E-state index contributed by atoms with van der Waals surface area (Å²) in [4.78, 5) is 18.9. The molecule has 3 aromatic rings. The maximum Gasteiger partial charge on any atom is 0.126 e. The van der Waals surface area contributed by atoms with Gasteiger partial charge in [0.05, 0.1) is 0 Å². The van der Waals surface area contributed by atoms with Gasteiger partial charge in [-0.2, -0.15) is 0 Å². The summed E-state index contributed by atoms with van der Waals surface area (Å²) in [5.74, 6) is 1.03. The standard InChI is InChI=1S/C20H14O3.2C3H6O/c21-10-1-4-13-16(7-10)20-17-8-11(22)2-5-14(17)19(13)15-6-3-12(23)9-18(15)20;2*1-3(2)4/h1-9,19-23H;2*1-2H3. The molecule has 2 bridgehead atoms. The number of phenols is 3. The number of carbonyl (C=O) groups excluding carboxylic acids is 2. The molecule has 0 fully saturated rings. The van der Waals surface area contributed by atoms with Gasteiger partial charge in [0.2, 0.25) is 0 Å². The second-order valence-corrected chi connectivity index (χ2v) is 8.12. The van der Waals surface area contributed by atoms with Crippen LogP contribution in [0, 0.1) is 0 Å². The van der Waals surface area contributed by atoms with Gasteiger partial charge in [0.15, 0.2) is 0 Å². The molecule has 5 heteroatoms. The van der Waals surface area contributed by atoms with Gasteiger partial charge in [0.25, 0.3) is 0 Å². The molecule has 160 valence electrons. The van der Waals surface area contributed by atoms with E-state index < -0.39 is 0 Å². The van der Waals surface area contributed by atoms with Crippen molar-refractivity contribution < 1.29 is 24.9 Å². The molecule has 3 aromatic carbocycles. The zero-order chi connectivity index (χ0) is 22.9. The highest BCUT2D eigenvalue weighted by Gasteiger charge is 2.41. The Morgan fingerprint density at radius 2 is 0.742 bits per heavy atom. The van der Waals surface area contributed by atoms with Crippen LogP contribution < -0.4 is 0 Å². The first-order valence-electron chi connectivity index (χ1n) is 10.0. The lowest BCUT2D eigenvalue weighted by atomic mass is 9.61. The van der Waals surface area contributed by atoms with E-state index in [0.29, 0.717) is 0 Å². The van der Waals surface area contributed by atoms with Crippen molar-refractivity contribution in [1.29, 1.82) is 0 Å². The van der Waals surface area contributed by atoms with E-state index in [1.54, 1.807) is 36.4 Å². The average Bonchev–Trinajstić information content (AvgIpc) is 2.66. The van der Waals surface area contributed by atoms with Crippen LogP contribution in [0.3, 0.4) is 0 Å². The van der Waals surface area contributed by atoms with E-state index in [2.05, 4.69) is 0 Å². The average molecular weight is 418 g/mol. The molecule has 3 aliphatic carbocycles. The number of phenolic OH excluding ortho intramolecular Hbond substituents is 3. The number of ketones is 2. The fraction of sp³-hybridized carbons (Fsp3) is 0.231. The minimum absolute atomic E-state index is 0.0711. The number of carbonyl (C=O) groups is 2. The Kier molecular flexibility index (Phi) is 6.16. The van der Waals surface area contributed by atoms with Gasteiger partial charge in [0, 0.05) is 11.8 Å². The van der Waals surface area contributed by atoms with E-state index in [-0.39, 0.29) is 40.7 Å². The molecule has 3 N–H and O–H groups in total. The second kappa shape index (κ2) is 8.64. The maximum atomic E-state index is 9.92. The van der Waals surface area contributed by atoms with Crippen molar-refractivity contribution in [3.63, 3.8) is 0 Å². The van der Waals surface area contributed by atoms with Crippen LogP contribution in [0.25, 0.3) is 0 Å². The Labute approximate surface area is 181 Å². The van der Waals surface area contributed by atoms with Crippen molar-refractivity contribution in [2.75, 3.05) is 0 Å². The molecule has 0 spiro atoms. The molecular weight excluding hydrogens is 392 g/mol. The Bertz CT molecular complexity index is 1020. The molecule has 5 nitrogen and oxygen atoms in total.